The lowest BCUT2D eigenvalue weighted by atomic mass is 9.82. The van der Waals surface area contributed by atoms with Gasteiger partial charge in [-0.2, -0.15) is 0 Å². The summed E-state index contributed by atoms with van der Waals surface area (Å²) in [6, 6.07) is 0. The van der Waals surface area contributed by atoms with Crippen LogP contribution in [0, 0.1) is 11.3 Å². The minimum Gasteiger partial charge on any atom is -0.478 e. The first-order chi connectivity index (χ1) is 8.07. The third-order valence-corrected chi connectivity index (χ3v) is 4.03. The molecule has 5 nitrogen and oxygen atoms in total. The van der Waals surface area contributed by atoms with Crippen LogP contribution >= 0.6 is 0 Å². The molecule has 1 saturated heterocycles. The van der Waals surface area contributed by atoms with Gasteiger partial charge in [0.05, 0.1) is 6.61 Å². The Hall–Kier alpha value is -1.36. The molecule has 1 saturated carbocycles. The number of carboxylic acid groups (broad SMARTS) is 1. The van der Waals surface area contributed by atoms with Crippen LogP contribution in [0.15, 0.2) is 12.2 Å². The summed E-state index contributed by atoms with van der Waals surface area (Å²) in [7, 11) is 0. The maximum absolute atomic E-state index is 11.7. The smallest absolute Gasteiger partial charge is 0.328 e. The van der Waals surface area contributed by atoms with E-state index in [9.17, 15) is 14.7 Å². The number of hydrogen-bond donors (Lipinski definition) is 2. The fourth-order valence-corrected chi connectivity index (χ4v) is 3.09. The van der Waals surface area contributed by atoms with Gasteiger partial charge in [0.2, 0.25) is 5.91 Å². The number of carbonyl (C=O) groups is 2. The predicted octanol–water partition coefficient (Wildman–Crippen LogP) is 0.248. The number of aliphatic carboxylic acids is 1. The first kappa shape index (κ1) is 12.1. The Balaban J connectivity index is 2.02. The van der Waals surface area contributed by atoms with Crippen molar-refractivity contribution in [1.82, 2.24) is 4.90 Å². The number of fused-ring (bicyclic) bond motifs is 1. The maximum Gasteiger partial charge on any atom is 0.328 e. The van der Waals surface area contributed by atoms with Crippen molar-refractivity contribution < 1.29 is 19.8 Å². The van der Waals surface area contributed by atoms with E-state index in [-0.39, 0.29) is 17.9 Å². The molecule has 1 amide bonds. The van der Waals surface area contributed by atoms with Crippen LogP contribution < -0.4 is 0 Å². The van der Waals surface area contributed by atoms with Crippen LogP contribution in [-0.2, 0) is 9.59 Å². The molecule has 0 aromatic rings. The lowest BCUT2D eigenvalue weighted by molar-refractivity contribution is -0.132. The van der Waals surface area contributed by atoms with Gasteiger partial charge < -0.3 is 15.1 Å². The Bertz CT molecular complexity index is 366. The minimum absolute atomic E-state index is 0.115. The van der Waals surface area contributed by atoms with E-state index < -0.39 is 5.97 Å². The van der Waals surface area contributed by atoms with Crippen molar-refractivity contribution in [2.75, 3.05) is 19.7 Å². The van der Waals surface area contributed by atoms with Crippen molar-refractivity contribution in [1.29, 1.82) is 0 Å². The Morgan fingerprint density at radius 3 is 2.76 bits per heavy atom. The van der Waals surface area contributed by atoms with E-state index in [1.54, 1.807) is 4.90 Å². The summed E-state index contributed by atoms with van der Waals surface area (Å²) < 4.78 is 0. The zero-order valence-corrected chi connectivity index (χ0v) is 9.63. The molecule has 2 N–H and O–H groups in total. The van der Waals surface area contributed by atoms with Gasteiger partial charge >= 0.3 is 5.97 Å². The van der Waals surface area contributed by atoms with Crippen LogP contribution in [0.3, 0.4) is 0 Å². The standard InChI is InChI=1S/C12H17NO4/c14-8-12-5-1-2-9(12)6-13(7-12)10(15)3-4-11(16)17/h3-4,9,14H,1-2,5-8H2,(H,16,17)/b4-3+. The first-order valence-electron chi connectivity index (χ1n) is 5.88. The molecule has 17 heavy (non-hydrogen) atoms. The fourth-order valence-electron chi connectivity index (χ4n) is 3.09. The van der Waals surface area contributed by atoms with Gasteiger partial charge in [0.1, 0.15) is 0 Å². The molecule has 1 aliphatic carbocycles. The summed E-state index contributed by atoms with van der Waals surface area (Å²) in [5, 5.41) is 18.0. The Labute approximate surface area is 99.7 Å². The van der Waals surface area contributed by atoms with Crippen molar-refractivity contribution >= 4 is 11.9 Å². The SMILES string of the molecule is O=C(O)/C=C/C(=O)N1CC2CCCC2(CO)C1. The molecule has 2 rings (SSSR count). The number of carbonyl (C=O) groups excluding carboxylic acids is 1. The van der Waals surface area contributed by atoms with Crippen LogP contribution in [0.25, 0.3) is 0 Å². The van der Waals surface area contributed by atoms with E-state index in [1.807, 2.05) is 0 Å². The second-order valence-electron chi connectivity index (χ2n) is 5.00. The van der Waals surface area contributed by atoms with Crippen molar-refractivity contribution in [3.8, 4) is 0 Å². The highest BCUT2D eigenvalue weighted by atomic mass is 16.4. The van der Waals surface area contributed by atoms with Crippen molar-refractivity contribution in [3.05, 3.63) is 12.2 Å². The Morgan fingerprint density at radius 2 is 2.18 bits per heavy atom. The molecule has 2 atom stereocenters. The Kier molecular flexibility index (Phi) is 3.19. The van der Waals surface area contributed by atoms with Gasteiger partial charge in [0, 0.05) is 30.7 Å². The molecule has 0 bridgehead atoms. The molecule has 0 spiro atoms. The van der Waals surface area contributed by atoms with Crippen LogP contribution in [0.5, 0.6) is 0 Å². The highest BCUT2D eigenvalue weighted by molar-refractivity contribution is 5.94. The van der Waals surface area contributed by atoms with E-state index in [1.165, 1.54) is 0 Å². The van der Waals surface area contributed by atoms with E-state index in [0.29, 0.717) is 19.0 Å². The van der Waals surface area contributed by atoms with Gasteiger partial charge in [-0.1, -0.05) is 6.42 Å². The highest BCUT2D eigenvalue weighted by Crippen LogP contribution is 2.48. The summed E-state index contributed by atoms with van der Waals surface area (Å²) in [6.45, 7) is 1.31. The topological polar surface area (TPSA) is 77.8 Å². The second-order valence-corrected chi connectivity index (χ2v) is 5.00. The number of amides is 1. The van der Waals surface area contributed by atoms with Crippen LogP contribution in [-0.4, -0.2) is 46.7 Å². The summed E-state index contributed by atoms with van der Waals surface area (Å²) in [5.74, 6) is -1.01. The summed E-state index contributed by atoms with van der Waals surface area (Å²) >= 11 is 0. The molecule has 1 aliphatic heterocycles. The Morgan fingerprint density at radius 1 is 1.41 bits per heavy atom. The molecule has 0 radical (unpaired) electrons. The highest BCUT2D eigenvalue weighted by Gasteiger charge is 2.49. The van der Waals surface area contributed by atoms with E-state index in [0.717, 1.165) is 31.4 Å². The summed E-state index contributed by atoms with van der Waals surface area (Å²) in [4.78, 5) is 23.7. The lowest BCUT2D eigenvalue weighted by Gasteiger charge is -2.25. The fraction of sp³-hybridized carbons (Fsp3) is 0.667. The van der Waals surface area contributed by atoms with E-state index in [2.05, 4.69) is 0 Å². The van der Waals surface area contributed by atoms with Gasteiger partial charge in [-0.3, -0.25) is 4.79 Å². The van der Waals surface area contributed by atoms with E-state index >= 15 is 0 Å². The van der Waals surface area contributed by atoms with Crippen LogP contribution in [0.4, 0.5) is 0 Å². The summed E-state index contributed by atoms with van der Waals surface area (Å²) in [5.41, 5.74) is -0.132. The van der Waals surface area contributed by atoms with E-state index in [4.69, 9.17) is 5.11 Å². The zero-order chi connectivity index (χ0) is 12.5. The molecule has 2 aliphatic rings. The molecule has 0 aromatic carbocycles. The first-order valence-corrected chi connectivity index (χ1v) is 5.88. The molecular weight excluding hydrogens is 222 g/mol. The molecule has 94 valence electrons. The molecule has 2 fully saturated rings. The number of likely N-dealkylation sites (tertiary alicyclic amines) is 1. The average molecular weight is 239 g/mol. The van der Waals surface area contributed by atoms with Crippen molar-refractivity contribution in [2.24, 2.45) is 11.3 Å². The number of nitrogens with zero attached hydrogens (tertiary/aromatic N) is 1. The average Bonchev–Trinajstić information content (AvgIpc) is 2.82. The second kappa shape index (κ2) is 4.49. The lowest BCUT2D eigenvalue weighted by Crippen LogP contribution is -2.33. The van der Waals surface area contributed by atoms with Gasteiger partial charge in [0.25, 0.3) is 0 Å². The minimum atomic E-state index is -1.12. The number of rotatable bonds is 3. The monoisotopic (exact) mass is 239 g/mol. The van der Waals surface area contributed by atoms with Gasteiger partial charge in [0.15, 0.2) is 0 Å². The largest absolute Gasteiger partial charge is 0.478 e. The van der Waals surface area contributed by atoms with Gasteiger partial charge in [-0.15, -0.1) is 0 Å². The molecule has 1 heterocycles. The number of hydrogen-bond acceptors (Lipinski definition) is 3. The van der Waals surface area contributed by atoms with Crippen LogP contribution in [0.2, 0.25) is 0 Å². The predicted molar refractivity (Wildman–Crippen MR) is 60.2 cm³/mol. The number of aliphatic hydroxyl groups excluding tert-OH is 1. The third-order valence-electron chi connectivity index (χ3n) is 4.03. The third kappa shape index (κ3) is 2.20. The summed E-state index contributed by atoms with van der Waals surface area (Å²) in [6.07, 6.45) is 5.07. The maximum atomic E-state index is 11.7. The number of carboxylic acids is 1. The van der Waals surface area contributed by atoms with Crippen LogP contribution in [0.1, 0.15) is 19.3 Å². The molecule has 0 aromatic heterocycles. The van der Waals surface area contributed by atoms with Gasteiger partial charge in [-0.05, 0) is 18.8 Å². The van der Waals surface area contributed by atoms with Crippen molar-refractivity contribution in [2.45, 2.75) is 19.3 Å². The molecule has 5 heteroatoms. The van der Waals surface area contributed by atoms with Gasteiger partial charge in [-0.25, -0.2) is 4.79 Å². The molecular formula is C12H17NO4. The zero-order valence-electron chi connectivity index (χ0n) is 9.63. The quantitative estimate of drug-likeness (QED) is 0.692. The number of aliphatic hydroxyl groups is 1. The molecule has 2 unspecified atom stereocenters. The normalized spacial score (nSPS) is 32.1. The van der Waals surface area contributed by atoms with Crippen molar-refractivity contribution in [3.63, 3.8) is 0 Å².